The fourth-order valence-corrected chi connectivity index (χ4v) is 4.45. The van der Waals surface area contributed by atoms with Gasteiger partial charge in [0.2, 0.25) is 0 Å². The second-order valence-corrected chi connectivity index (χ2v) is 9.93. The minimum absolute atomic E-state index is 0.00124. The van der Waals surface area contributed by atoms with Crippen LogP contribution in [0, 0.1) is 3.57 Å². The average molecular weight is 610 g/mol. The molecule has 2 N–H and O–H groups in total. The van der Waals surface area contributed by atoms with Gasteiger partial charge in [-0.25, -0.2) is 0 Å². The zero-order valence-electron chi connectivity index (χ0n) is 18.9. The van der Waals surface area contributed by atoms with Crippen molar-refractivity contribution in [3.63, 3.8) is 0 Å². The number of halogens is 3. The van der Waals surface area contributed by atoms with Gasteiger partial charge in [0.15, 0.2) is 6.29 Å². The van der Waals surface area contributed by atoms with Crippen LogP contribution in [0.1, 0.15) is 40.5 Å². The lowest BCUT2D eigenvalue weighted by molar-refractivity contribution is 0.112. The van der Waals surface area contributed by atoms with Crippen LogP contribution in [0.5, 0.6) is 0 Å². The highest BCUT2D eigenvalue weighted by Crippen LogP contribution is 2.32. The molecule has 0 spiro atoms. The molecule has 0 radical (unpaired) electrons. The number of aliphatic hydroxyl groups excluding tert-OH is 1. The first-order chi connectivity index (χ1) is 16.3. The summed E-state index contributed by atoms with van der Waals surface area (Å²) >= 11 is 14.4. The molecule has 3 aromatic rings. The molecule has 0 unspecified atom stereocenters. The van der Waals surface area contributed by atoms with E-state index in [0.717, 1.165) is 21.0 Å². The van der Waals surface area contributed by atoms with Crippen molar-refractivity contribution in [2.45, 2.75) is 19.0 Å². The van der Waals surface area contributed by atoms with Crippen molar-refractivity contribution in [3.05, 3.63) is 97.0 Å². The number of anilines is 1. The number of aliphatic imine (C=N–C) groups is 1. The molecule has 0 amide bonds. The molecule has 2 atom stereocenters. The zero-order valence-corrected chi connectivity index (χ0v) is 22.6. The van der Waals surface area contributed by atoms with Gasteiger partial charge in [-0.15, -0.1) is 0 Å². The molecule has 8 heteroatoms. The molecule has 3 aromatic carbocycles. The molecular formula is C26H26Cl2IN3O2. The van der Waals surface area contributed by atoms with Crippen molar-refractivity contribution in [1.29, 1.82) is 0 Å². The summed E-state index contributed by atoms with van der Waals surface area (Å²) in [6.45, 7) is 2.23. The van der Waals surface area contributed by atoms with Crippen molar-refractivity contribution >= 4 is 63.6 Å². The fraction of sp³-hybridized carbons (Fsp3) is 0.231. The number of aliphatic hydroxyl groups is 1. The standard InChI is InChI=1S/C26H26Cl2IN3O2/c1-17(18-3-7-21(27)8-4-18)32(2)25(19-5-9-22(28)10-6-19)26(30-13-14-33)31-24-12-11-23(29)15-20(24)16-34/h3-12,15-17,25,33H,13-14H2,1-2H3,(H,30,31)/t17-,25+/m1/s1. The predicted molar refractivity (Wildman–Crippen MR) is 149 cm³/mol. The molecule has 0 bridgehead atoms. The smallest absolute Gasteiger partial charge is 0.152 e. The number of rotatable bonds is 9. The van der Waals surface area contributed by atoms with Crippen LogP contribution in [-0.2, 0) is 0 Å². The summed E-state index contributed by atoms with van der Waals surface area (Å²) in [5.74, 6) is 0.615. The first-order valence-corrected chi connectivity index (χ1v) is 12.6. The fourth-order valence-electron chi connectivity index (χ4n) is 3.68. The van der Waals surface area contributed by atoms with Gasteiger partial charge in [0, 0.05) is 25.2 Å². The average Bonchev–Trinajstić information content (AvgIpc) is 2.84. The second-order valence-electron chi connectivity index (χ2n) is 7.81. The molecule has 34 heavy (non-hydrogen) atoms. The molecule has 0 saturated carbocycles. The first-order valence-electron chi connectivity index (χ1n) is 10.7. The van der Waals surface area contributed by atoms with Gasteiger partial charge in [0.05, 0.1) is 24.9 Å². The monoisotopic (exact) mass is 609 g/mol. The Bertz CT molecular complexity index is 1140. The topological polar surface area (TPSA) is 64.9 Å². The maximum Gasteiger partial charge on any atom is 0.152 e. The van der Waals surface area contributed by atoms with Crippen LogP contribution in [-0.4, -0.2) is 42.3 Å². The van der Waals surface area contributed by atoms with E-state index in [2.05, 4.69) is 44.7 Å². The molecule has 0 fully saturated rings. The van der Waals surface area contributed by atoms with Gasteiger partial charge in [-0.1, -0.05) is 47.5 Å². The van der Waals surface area contributed by atoms with Crippen LogP contribution in [0.3, 0.4) is 0 Å². The number of amidine groups is 1. The number of hydrogen-bond donors (Lipinski definition) is 2. The Balaban J connectivity index is 2.08. The predicted octanol–water partition coefficient (Wildman–Crippen LogP) is 6.65. The van der Waals surface area contributed by atoms with E-state index in [1.807, 2.05) is 73.8 Å². The molecular weight excluding hydrogens is 584 g/mol. The minimum Gasteiger partial charge on any atom is -0.394 e. The van der Waals surface area contributed by atoms with Gasteiger partial charge in [-0.2, -0.15) is 0 Å². The number of carbonyl (C=O) groups excluding carboxylic acids is 1. The minimum atomic E-state index is -0.312. The number of likely N-dealkylation sites (N-methyl/N-ethyl adjacent to an activating group) is 1. The van der Waals surface area contributed by atoms with E-state index in [1.54, 1.807) is 0 Å². The summed E-state index contributed by atoms with van der Waals surface area (Å²) in [5.41, 5.74) is 3.25. The summed E-state index contributed by atoms with van der Waals surface area (Å²) in [6, 6.07) is 20.7. The van der Waals surface area contributed by atoms with Crippen LogP contribution in [0.25, 0.3) is 0 Å². The van der Waals surface area contributed by atoms with Gasteiger partial charge in [0.1, 0.15) is 5.84 Å². The summed E-state index contributed by atoms with van der Waals surface area (Å²) in [7, 11) is 2.02. The quantitative estimate of drug-likeness (QED) is 0.123. The lowest BCUT2D eigenvalue weighted by Crippen LogP contribution is -2.37. The Morgan fingerprint density at radius 2 is 1.65 bits per heavy atom. The molecule has 0 heterocycles. The summed E-state index contributed by atoms with van der Waals surface area (Å²) in [4.78, 5) is 18.6. The summed E-state index contributed by atoms with van der Waals surface area (Å²) in [5, 5.41) is 14.2. The molecule has 0 saturated heterocycles. The van der Waals surface area contributed by atoms with E-state index in [4.69, 9.17) is 23.2 Å². The highest BCUT2D eigenvalue weighted by molar-refractivity contribution is 14.1. The van der Waals surface area contributed by atoms with E-state index in [1.165, 1.54) is 0 Å². The van der Waals surface area contributed by atoms with Crippen LogP contribution < -0.4 is 5.32 Å². The van der Waals surface area contributed by atoms with Gasteiger partial charge in [-0.05, 0) is 90.2 Å². The van der Waals surface area contributed by atoms with Gasteiger partial charge in [0.25, 0.3) is 0 Å². The Kier molecular flexibility index (Phi) is 9.91. The molecule has 178 valence electrons. The third kappa shape index (κ3) is 6.79. The number of hydrogen-bond acceptors (Lipinski definition) is 4. The number of nitrogens with one attached hydrogen (secondary N) is 1. The Hall–Kier alpha value is -1.97. The first kappa shape index (κ1) is 26.6. The van der Waals surface area contributed by atoms with E-state index >= 15 is 0 Å². The van der Waals surface area contributed by atoms with Gasteiger partial charge < -0.3 is 10.4 Å². The second kappa shape index (κ2) is 12.7. The van der Waals surface area contributed by atoms with Crippen molar-refractivity contribution in [3.8, 4) is 0 Å². The maximum atomic E-state index is 11.7. The number of benzene rings is 3. The molecule has 5 nitrogen and oxygen atoms in total. The van der Waals surface area contributed by atoms with Crippen LogP contribution in [0.4, 0.5) is 5.69 Å². The van der Waals surface area contributed by atoms with Gasteiger partial charge >= 0.3 is 0 Å². The van der Waals surface area contributed by atoms with E-state index in [-0.39, 0.29) is 25.2 Å². The van der Waals surface area contributed by atoms with E-state index < -0.39 is 0 Å². The van der Waals surface area contributed by atoms with Crippen molar-refractivity contribution < 1.29 is 9.90 Å². The summed E-state index contributed by atoms with van der Waals surface area (Å²) < 4.78 is 0.960. The van der Waals surface area contributed by atoms with Gasteiger partial charge in [-0.3, -0.25) is 14.7 Å². The van der Waals surface area contributed by atoms with Crippen molar-refractivity contribution in [2.75, 3.05) is 25.5 Å². The number of nitrogens with zero attached hydrogens (tertiary/aromatic N) is 2. The third-order valence-corrected chi connectivity index (χ3v) is 6.78. The van der Waals surface area contributed by atoms with E-state index in [0.29, 0.717) is 27.1 Å². The lowest BCUT2D eigenvalue weighted by Gasteiger charge is -2.35. The molecule has 0 aromatic heterocycles. The highest BCUT2D eigenvalue weighted by atomic mass is 127. The van der Waals surface area contributed by atoms with Crippen LogP contribution in [0.2, 0.25) is 10.0 Å². The summed E-state index contributed by atoms with van der Waals surface area (Å²) in [6.07, 6.45) is 0.825. The van der Waals surface area contributed by atoms with Crippen molar-refractivity contribution in [1.82, 2.24) is 4.90 Å². The van der Waals surface area contributed by atoms with Crippen molar-refractivity contribution in [2.24, 2.45) is 4.99 Å². The van der Waals surface area contributed by atoms with Crippen LogP contribution in [0.15, 0.2) is 71.7 Å². The zero-order chi connectivity index (χ0) is 24.7. The third-order valence-electron chi connectivity index (χ3n) is 5.60. The Morgan fingerprint density at radius 3 is 2.21 bits per heavy atom. The molecule has 0 aliphatic heterocycles. The number of carbonyl (C=O) groups is 1. The molecule has 0 aliphatic rings. The lowest BCUT2D eigenvalue weighted by atomic mass is 9.99. The normalized spacial score (nSPS) is 13.6. The maximum absolute atomic E-state index is 11.7. The Morgan fingerprint density at radius 1 is 1.06 bits per heavy atom. The Labute approximate surface area is 223 Å². The van der Waals surface area contributed by atoms with E-state index in [9.17, 15) is 9.90 Å². The van der Waals surface area contributed by atoms with Crippen LogP contribution >= 0.6 is 45.8 Å². The number of aldehydes is 1. The largest absolute Gasteiger partial charge is 0.394 e. The molecule has 3 rings (SSSR count). The highest BCUT2D eigenvalue weighted by Gasteiger charge is 2.28. The SMILES string of the molecule is C[C@H](c1ccc(Cl)cc1)N(C)[C@H](C(=NCCO)Nc1ccc(I)cc1C=O)c1ccc(Cl)cc1. The molecule has 0 aliphatic carbocycles.